The summed E-state index contributed by atoms with van der Waals surface area (Å²) in [5.74, 6) is 0.838. The Morgan fingerprint density at radius 3 is 2.56 bits per heavy atom. The minimum absolute atomic E-state index is 0. The van der Waals surface area contributed by atoms with E-state index in [2.05, 4.69) is 58.9 Å². The highest BCUT2D eigenvalue weighted by Gasteiger charge is 2.00. The molecule has 0 spiro atoms. The van der Waals surface area contributed by atoms with E-state index >= 15 is 0 Å². The molecule has 0 atom stereocenters. The Morgan fingerprint density at radius 2 is 1.88 bits per heavy atom. The van der Waals surface area contributed by atoms with Crippen molar-refractivity contribution in [3.8, 4) is 0 Å². The summed E-state index contributed by atoms with van der Waals surface area (Å²) in [5, 5.41) is 6.65. The van der Waals surface area contributed by atoms with Gasteiger partial charge in [-0.05, 0) is 37.5 Å². The third-order valence-electron chi connectivity index (χ3n) is 3.59. The van der Waals surface area contributed by atoms with E-state index in [1.807, 2.05) is 17.4 Å². The highest BCUT2D eigenvalue weighted by atomic mass is 127. The van der Waals surface area contributed by atoms with Gasteiger partial charge in [0.05, 0.1) is 13.2 Å². The molecule has 6 heteroatoms. The molecular formula is C19H28IN3OS. The summed E-state index contributed by atoms with van der Waals surface area (Å²) in [7, 11) is 1.80. The molecule has 1 aromatic carbocycles. The molecule has 0 unspecified atom stereocenters. The van der Waals surface area contributed by atoms with Crippen molar-refractivity contribution in [2.24, 2.45) is 4.99 Å². The zero-order valence-corrected chi connectivity index (χ0v) is 18.1. The first-order valence-corrected chi connectivity index (χ1v) is 9.21. The second-order valence-corrected chi connectivity index (χ2v) is 6.94. The van der Waals surface area contributed by atoms with Gasteiger partial charge in [-0.25, -0.2) is 0 Å². The Balaban J connectivity index is 0.00000312. The second-order valence-electron chi connectivity index (χ2n) is 5.57. The monoisotopic (exact) mass is 473 g/mol. The number of aliphatic imine (C=N–C) groups is 1. The number of aryl methyl sites for hydroxylation is 1. The summed E-state index contributed by atoms with van der Waals surface area (Å²) >= 11 is 1.81. The molecule has 0 bridgehead atoms. The van der Waals surface area contributed by atoms with Gasteiger partial charge in [0.15, 0.2) is 5.96 Å². The van der Waals surface area contributed by atoms with Gasteiger partial charge in [0.1, 0.15) is 0 Å². The van der Waals surface area contributed by atoms with Crippen LogP contribution in [-0.4, -0.2) is 32.8 Å². The van der Waals surface area contributed by atoms with Crippen molar-refractivity contribution in [3.63, 3.8) is 0 Å². The van der Waals surface area contributed by atoms with Gasteiger partial charge < -0.3 is 15.4 Å². The molecule has 138 valence electrons. The Bertz CT molecular complexity index is 616. The molecule has 0 aliphatic rings. The Morgan fingerprint density at radius 1 is 1.08 bits per heavy atom. The normalized spacial score (nSPS) is 11.0. The second kappa shape index (κ2) is 13.1. The first-order valence-electron chi connectivity index (χ1n) is 8.39. The first-order chi connectivity index (χ1) is 11.8. The fourth-order valence-corrected chi connectivity index (χ4v) is 3.12. The lowest BCUT2D eigenvalue weighted by molar-refractivity contribution is 0.135. The van der Waals surface area contributed by atoms with Crippen LogP contribution in [0.4, 0.5) is 0 Å². The molecule has 0 saturated heterocycles. The number of guanidine groups is 1. The quantitative estimate of drug-likeness (QED) is 0.251. The number of benzene rings is 1. The van der Waals surface area contributed by atoms with E-state index in [4.69, 9.17) is 4.74 Å². The number of rotatable bonds is 9. The van der Waals surface area contributed by atoms with Crippen LogP contribution in [0, 0.1) is 6.92 Å². The summed E-state index contributed by atoms with van der Waals surface area (Å²) < 4.78 is 5.69. The molecule has 0 amide bonds. The highest BCUT2D eigenvalue weighted by Crippen LogP contribution is 2.14. The number of nitrogens with one attached hydrogen (secondary N) is 2. The van der Waals surface area contributed by atoms with Crippen molar-refractivity contribution >= 4 is 41.3 Å². The lowest BCUT2D eigenvalue weighted by Gasteiger charge is -2.11. The maximum atomic E-state index is 5.69. The van der Waals surface area contributed by atoms with Gasteiger partial charge in [-0.3, -0.25) is 4.99 Å². The van der Waals surface area contributed by atoms with Crippen LogP contribution < -0.4 is 10.6 Å². The van der Waals surface area contributed by atoms with Crippen LogP contribution in [0.15, 0.2) is 47.5 Å². The van der Waals surface area contributed by atoms with Gasteiger partial charge in [-0.2, -0.15) is 0 Å². The molecule has 1 aromatic heterocycles. The Labute approximate surface area is 172 Å². The van der Waals surface area contributed by atoms with Crippen molar-refractivity contribution < 1.29 is 4.74 Å². The van der Waals surface area contributed by atoms with Crippen molar-refractivity contribution in [2.45, 2.75) is 26.3 Å². The van der Waals surface area contributed by atoms with Crippen LogP contribution >= 0.6 is 35.3 Å². The van der Waals surface area contributed by atoms with Gasteiger partial charge in [0, 0.05) is 30.0 Å². The number of nitrogens with zero attached hydrogens (tertiary/aromatic N) is 1. The average Bonchev–Trinajstić information content (AvgIpc) is 3.03. The molecule has 4 nitrogen and oxygen atoms in total. The van der Waals surface area contributed by atoms with Crippen molar-refractivity contribution in [2.75, 3.05) is 26.8 Å². The van der Waals surface area contributed by atoms with E-state index in [0.717, 1.165) is 45.1 Å². The topological polar surface area (TPSA) is 45.7 Å². The van der Waals surface area contributed by atoms with Gasteiger partial charge in [-0.15, -0.1) is 35.3 Å². The predicted molar refractivity (Wildman–Crippen MR) is 118 cm³/mol. The van der Waals surface area contributed by atoms with Crippen LogP contribution in [0.2, 0.25) is 0 Å². The molecule has 2 N–H and O–H groups in total. The van der Waals surface area contributed by atoms with Crippen molar-refractivity contribution in [1.82, 2.24) is 10.6 Å². The van der Waals surface area contributed by atoms with E-state index in [-0.39, 0.29) is 24.0 Å². The van der Waals surface area contributed by atoms with Gasteiger partial charge in [-0.1, -0.05) is 30.3 Å². The molecule has 0 fully saturated rings. The first kappa shape index (κ1) is 21.9. The van der Waals surface area contributed by atoms with E-state index in [0.29, 0.717) is 0 Å². The fourth-order valence-electron chi connectivity index (χ4n) is 2.29. The zero-order chi connectivity index (χ0) is 17.0. The van der Waals surface area contributed by atoms with Crippen molar-refractivity contribution in [1.29, 1.82) is 0 Å². The van der Waals surface area contributed by atoms with Crippen LogP contribution in [0.3, 0.4) is 0 Å². The number of hydrogen-bond acceptors (Lipinski definition) is 3. The SMILES string of the molecule is CN=C(NCCCOCCc1ccccc1)NCc1ccc(C)s1.I. The van der Waals surface area contributed by atoms with E-state index in [1.54, 1.807) is 7.05 Å². The van der Waals surface area contributed by atoms with E-state index < -0.39 is 0 Å². The third kappa shape index (κ3) is 9.23. The highest BCUT2D eigenvalue weighted by molar-refractivity contribution is 14.0. The average molecular weight is 473 g/mol. The molecule has 25 heavy (non-hydrogen) atoms. The number of thiophene rings is 1. The fraction of sp³-hybridized carbons (Fsp3) is 0.421. The maximum Gasteiger partial charge on any atom is 0.191 e. The van der Waals surface area contributed by atoms with Gasteiger partial charge in [0.2, 0.25) is 0 Å². The largest absolute Gasteiger partial charge is 0.381 e. The zero-order valence-electron chi connectivity index (χ0n) is 15.0. The standard InChI is InChI=1S/C19H27N3OS.HI/c1-16-9-10-18(24-16)15-22-19(20-2)21-12-6-13-23-14-11-17-7-4-3-5-8-17;/h3-5,7-10H,6,11-15H2,1-2H3,(H2,20,21,22);1H. The molecule has 0 aliphatic heterocycles. The molecule has 2 aromatic rings. The van der Waals surface area contributed by atoms with Gasteiger partial charge >= 0.3 is 0 Å². The Hall–Kier alpha value is -1.12. The predicted octanol–water partition coefficient (Wildman–Crippen LogP) is 3.99. The summed E-state index contributed by atoms with van der Waals surface area (Å²) in [6, 6.07) is 14.7. The maximum absolute atomic E-state index is 5.69. The molecule has 0 radical (unpaired) electrons. The third-order valence-corrected chi connectivity index (χ3v) is 4.59. The smallest absolute Gasteiger partial charge is 0.191 e. The number of ether oxygens (including phenoxy) is 1. The van der Waals surface area contributed by atoms with Crippen LogP contribution in [0.25, 0.3) is 0 Å². The summed E-state index contributed by atoms with van der Waals surface area (Å²) in [6.45, 7) is 5.33. The molecule has 2 rings (SSSR count). The number of hydrogen-bond donors (Lipinski definition) is 2. The van der Waals surface area contributed by atoms with Crippen LogP contribution in [-0.2, 0) is 17.7 Å². The van der Waals surface area contributed by atoms with E-state index in [9.17, 15) is 0 Å². The molecular weight excluding hydrogens is 445 g/mol. The Kier molecular flexibility index (Phi) is 11.5. The number of halogens is 1. The lowest BCUT2D eigenvalue weighted by Crippen LogP contribution is -2.37. The minimum atomic E-state index is 0. The van der Waals surface area contributed by atoms with Gasteiger partial charge in [0.25, 0.3) is 0 Å². The van der Waals surface area contributed by atoms with Crippen LogP contribution in [0.5, 0.6) is 0 Å². The molecule has 0 saturated carbocycles. The molecule has 0 aliphatic carbocycles. The summed E-state index contributed by atoms with van der Waals surface area (Å²) in [6.07, 6.45) is 1.94. The summed E-state index contributed by atoms with van der Waals surface area (Å²) in [4.78, 5) is 6.90. The minimum Gasteiger partial charge on any atom is -0.381 e. The lowest BCUT2D eigenvalue weighted by atomic mass is 10.2. The van der Waals surface area contributed by atoms with E-state index in [1.165, 1.54) is 15.3 Å². The van der Waals surface area contributed by atoms with Crippen LogP contribution in [0.1, 0.15) is 21.7 Å². The summed E-state index contributed by atoms with van der Waals surface area (Å²) in [5.41, 5.74) is 1.32. The van der Waals surface area contributed by atoms with Crippen molar-refractivity contribution in [3.05, 3.63) is 57.8 Å². The molecule has 1 heterocycles.